The number of fused-ring (bicyclic) bond motifs is 1. The molecule has 1 unspecified atom stereocenters. The average Bonchev–Trinajstić information content (AvgIpc) is 3.12. The molecule has 33 heavy (non-hydrogen) atoms. The van der Waals surface area contributed by atoms with Crippen molar-refractivity contribution in [3.63, 3.8) is 0 Å². The van der Waals surface area contributed by atoms with Crippen LogP contribution in [0.5, 0.6) is 0 Å². The van der Waals surface area contributed by atoms with Gasteiger partial charge >= 0.3 is 12.1 Å². The van der Waals surface area contributed by atoms with Crippen molar-refractivity contribution in [1.29, 1.82) is 5.26 Å². The summed E-state index contributed by atoms with van der Waals surface area (Å²) in [6.07, 6.45) is -3.83. The van der Waals surface area contributed by atoms with Crippen LogP contribution >= 0.6 is 0 Å². The molecular weight excluding hydrogens is 437 g/mol. The van der Waals surface area contributed by atoms with Crippen LogP contribution in [-0.2, 0) is 28.6 Å². The summed E-state index contributed by atoms with van der Waals surface area (Å²) in [6, 6.07) is 8.25. The molecule has 1 aliphatic rings. The normalized spacial score (nSPS) is 14.6. The van der Waals surface area contributed by atoms with Crippen LogP contribution in [0, 0.1) is 23.2 Å². The zero-order chi connectivity index (χ0) is 24.4. The fraction of sp³-hybridized carbons (Fsp3) is 0.292. The number of ether oxygens (including phenoxy) is 1. The first-order chi connectivity index (χ1) is 15.5. The van der Waals surface area contributed by atoms with E-state index in [4.69, 9.17) is 10.00 Å². The molecule has 2 aromatic rings. The second-order valence-electron chi connectivity index (χ2n) is 7.51. The van der Waals surface area contributed by atoms with Gasteiger partial charge in [0.1, 0.15) is 6.61 Å². The van der Waals surface area contributed by atoms with E-state index in [0.29, 0.717) is 5.57 Å². The Morgan fingerprint density at radius 1 is 1.27 bits per heavy atom. The van der Waals surface area contributed by atoms with E-state index in [2.05, 4.69) is 5.92 Å². The lowest BCUT2D eigenvalue weighted by atomic mass is 9.92. The number of benzene rings is 1. The molecule has 170 valence electrons. The average molecular weight is 456 g/mol. The molecule has 1 aromatic heterocycles. The van der Waals surface area contributed by atoms with Crippen molar-refractivity contribution in [1.82, 2.24) is 4.57 Å². The van der Waals surface area contributed by atoms with Gasteiger partial charge in [0.2, 0.25) is 5.60 Å². The predicted molar refractivity (Wildman–Crippen MR) is 112 cm³/mol. The molecule has 3 rings (SSSR count). The lowest BCUT2D eigenvalue weighted by Crippen LogP contribution is -2.41. The number of nitriles is 1. The number of rotatable bonds is 4. The largest absolute Gasteiger partial charge is 0.461 e. The van der Waals surface area contributed by atoms with Gasteiger partial charge in [0.05, 0.1) is 18.1 Å². The quantitative estimate of drug-likeness (QED) is 0.434. The molecule has 0 bridgehead atoms. The smallest absolute Gasteiger partial charge is 0.433 e. The molecule has 1 aromatic carbocycles. The van der Waals surface area contributed by atoms with Crippen molar-refractivity contribution in [3.05, 3.63) is 74.7 Å². The fourth-order valence-corrected chi connectivity index (χ4v) is 3.59. The van der Waals surface area contributed by atoms with Crippen LogP contribution in [0.3, 0.4) is 0 Å². The summed E-state index contributed by atoms with van der Waals surface area (Å²) in [4.78, 5) is 25.3. The topological polar surface area (TPSA) is 92.3 Å². The monoisotopic (exact) mass is 456 g/mol. The van der Waals surface area contributed by atoms with Gasteiger partial charge in [-0.1, -0.05) is 41.8 Å². The lowest BCUT2D eigenvalue weighted by molar-refractivity contribution is -0.240. The van der Waals surface area contributed by atoms with E-state index in [0.717, 1.165) is 16.7 Å². The van der Waals surface area contributed by atoms with Crippen molar-refractivity contribution < 1.29 is 27.8 Å². The molecule has 0 fully saturated rings. The van der Waals surface area contributed by atoms with Gasteiger partial charge in [-0.3, -0.25) is 4.79 Å². The van der Waals surface area contributed by atoms with Crippen LogP contribution in [0.2, 0.25) is 0 Å². The minimum Gasteiger partial charge on any atom is -0.461 e. The third kappa shape index (κ3) is 4.41. The molecule has 1 heterocycles. The summed E-state index contributed by atoms with van der Waals surface area (Å²) in [5, 5.41) is 19.2. The molecule has 0 saturated heterocycles. The number of hydrogen-bond donors (Lipinski definition) is 1. The van der Waals surface area contributed by atoms with E-state index in [1.807, 2.05) is 12.0 Å². The number of aromatic nitrogens is 1. The van der Waals surface area contributed by atoms with E-state index in [1.165, 1.54) is 31.4 Å². The number of pyridine rings is 1. The summed E-state index contributed by atoms with van der Waals surface area (Å²) >= 11 is 0. The number of halogens is 3. The number of nitrogens with zero attached hydrogens (tertiary/aromatic N) is 2. The Bertz CT molecular complexity index is 1290. The third-order valence-electron chi connectivity index (χ3n) is 5.22. The van der Waals surface area contributed by atoms with Crippen molar-refractivity contribution in [3.8, 4) is 17.9 Å². The highest BCUT2D eigenvalue weighted by atomic mass is 19.4. The summed E-state index contributed by atoms with van der Waals surface area (Å²) in [6.45, 7) is 1.43. The molecule has 0 aliphatic heterocycles. The SMILES string of the molecule is CC1=C(C(=O)OCCC#N)c2c(C#CC(O)(c3ccccc3)C(F)(F)F)cn(C)c(=O)c2C1. The first-order valence-electron chi connectivity index (χ1n) is 9.85. The number of hydrogen-bond acceptors (Lipinski definition) is 5. The summed E-state index contributed by atoms with van der Waals surface area (Å²) in [7, 11) is 1.42. The first kappa shape index (κ1) is 23.8. The van der Waals surface area contributed by atoms with Gasteiger partial charge in [-0.15, -0.1) is 0 Å². The number of alkyl halides is 3. The maximum Gasteiger partial charge on any atom is 0.433 e. The van der Waals surface area contributed by atoms with E-state index >= 15 is 0 Å². The van der Waals surface area contributed by atoms with Gasteiger partial charge in [-0.05, 0) is 12.8 Å². The molecule has 9 heteroatoms. The third-order valence-corrected chi connectivity index (χ3v) is 5.22. The number of esters is 1. The highest BCUT2D eigenvalue weighted by Gasteiger charge is 2.54. The zero-order valence-corrected chi connectivity index (χ0v) is 17.8. The van der Waals surface area contributed by atoms with Gasteiger partial charge in [0.15, 0.2) is 0 Å². The number of carbonyl (C=O) groups is 1. The van der Waals surface area contributed by atoms with E-state index in [9.17, 15) is 27.9 Å². The number of allylic oxidation sites excluding steroid dienone is 1. The van der Waals surface area contributed by atoms with E-state index in [-0.39, 0.29) is 41.7 Å². The molecule has 0 amide bonds. The number of aryl methyl sites for hydroxylation is 1. The highest BCUT2D eigenvalue weighted by molar-refractivity contribution is 6.19. The van der Waals surface area contributed by atoms with Crippen LogP contribution in [-0.4, -0.2) is 28.4 Å². The zero-order valence-electron chi connectivity index (χ0n) is 17.8. The number of aliphatic hydroxyl groups is 1. The predicted octanol–water partition coefficient (Wildman–Crippen LogP) is 2.97. The Kier molecular flexibility index (Phi) is 6.48. The van der Waals surface area contributed by atoms with Crippen molar-refractivity contribution in [2.75, 3.05) is 6.61 Å². The lowest BCUT2D eigenvalue weighted by Gasteiger charge is -2.25. The van der Waals surface area contributed by atoms with Crippen LogP contribution in [0.15, 0.2) is 46.9 Å². The minimum absolute atomic E-state index is 0.0280. The Morgan fingerprint density at radius 2 is 1.94 bits per heavy atom. The summed E-state index contributed by atoms with van der Waals surface area (Å²) < 4.78 is 47.7. The van der Waals surface area contributed by atoms with Crippen molar-refractivity contribution in [2.45, 2.75) is 31.5 Å². The molecule has 1 atom stereocenters. The second-order valence-corrected chi connectivity index (χ2v) is 7.51. The molecule has 0 spiro atoms. The minimum atomic E-state index is -5.12. The molecular formula is C24H19F3N2O4. The summed E-state index contributed by atoms with van der Waals surface area (Å²) in [5.41, 5.74) is -3.59. The van der Waals surface area contributed by atoms with Gasteiger partial charge in [0, 0.05) is 41.9 Å². The second kappa shape index (κ2) is 8.97. The first-order valence-corrected chi connectivity index (χ1v) is 9.85. The molecule has 1 aliphatic carbocycles. The van der Waals surface area contributed by atoms with Crippen LogP contribution in [0.1, 0.15) is 35.6 Å². The van der Waals surface area contributed by atoms with Crippen molar-refractivity contribution >= 4 is 11.5 Å². The van der Waals surface area contributed by atoms with Gasteiger partial charge in [-0.25, -0.2) is 4.79 Å². The maximum absolute atomic E-state index is 13.8. The summed E-state index contributed by atoms with van der Waals surface area (Å²) in [5.74, 6) is 3.48. The van der Waals surface area contributed by atoms with Gasteiger partial charge in [0.25, 0.3) is 5.56 Å². The Labute approximate surface area is 187 Å². The van der Waals surface area contributed by atoms with Crippen LogP contribution < -0.4 is 5.56 Å². The van der Waals surface area contributed by atoms with Gasteiger partial charge < -0.3 is 14.4 Å². The van der Waals surface area contributed by atoms with Crippen molar-refractivity contribution in [2.24, 2.45) is 7.05 Å². The Morgan fingerprint density at radius 3 is 2.55 bits per heavy atom. The Balaban J connectivity index is 2.18. The van der Waals surface area contributed by atoms with E-state index in [1.54, 1.807) is 6.92 Å². The van der Waals surface area contributed by atoms with Crippen LogP contribution in [0.25, 0.3) is 5.57 Å². The van der Waals surface area contributed by atoms with E-state index < -0.39 is 28.9 Å². The van der Waals surface area contributed by atoms with Gasteiger partial charge in [-0.2, -0.15) is 18.4 Å². The standard InChI is InChI=1S/C24H19F3N2O4/c1-15-13-18-20(19(15)22(31)33-12-6-11-28)16(14-29(2)21(18)30)9-10-23(32,24(25,26)27)17-7-4-3-5-8-17/h3-5,7-8,14,32H,6,12-13H2,1-2H3. The molecule has 0 saturated carbocycles. The number of carbonyl (C=O) groups excluding carboxylic acids is 1. The highest BCUT2D eigenvalue weighted by Crippen LogP contribution is 2.39. The Hall–Kier alpha value is -3.82. The molecule has 0 radical (unpaired) electrons. The van der Waals surface area contributed by atoms with Crippen LogP contribution in [0.4, 0.5) is 13.2 Å². The molecule has 6 nitrogen and oxygen atoms in total. The fourth-order valence-electron chi connectivity index (χ4n) is 3.59. The maximum atomic E-state index is 13.8. The molecule has 1 N–H and O–H groups in total.